The van der Waals surface area contributed by atoms with E-state index in [1.807, 2.05) is 12.3 Å². The topological polar surface area (TPSA) is 50.2 Å². The smallest absolute Gasteiger partial charge is 0.155 e. The minimum Gasteiger partial charge on any atom is -0.512 e. The predicted molar refractivity (Wildman–Crippen MR) is 112 cm³/mol. The van der Waals surface area contributed by atoms with Crippen LogP contribution >= 0.6 is 0 Å². The number of aliphatic hydroxyl groups is 1. The fraction of sp³-hybridized carbons (Fsp3) is 0.250. The van der Waals surface area contributed by atoms with Gasteiger partial charge in [-0.15, -0.1) is 35.4 Å². The summed E-state index contributed by atoms with van der Waals surface area (Å²) >= 11 is 0. The van der Waals surface area contributed by atoms with E-state index in [1.54, 1.807) is 0 Å². The Labute approximate surface area is 180 Å². The van der Waals surface area contributed by atoms with Crippen LogP contribution in [0.5, 0.6) is 0 Å². The molecule has 0 aliphatic heterocycles. The molecule has 0 aliphatic rings. The standard InChI is InChI=1S/C19H18N.C5H8O2.Ir/c1-14(2)13-15-7-9-17(10-8-15)19-18-6-4-3-5-16(18)11-12-20-19;1-4(6)3-5(2)7;/h3-9,11-12,14H,13H2,1-2H3;3,6H,1-2H3;/q-1;;/b;4-3-;. The quantitative estimate of drug-likeness (QED) is 0.248. The van der Waals surface area contributed by atoms with Crippen LogP contribution in [0, 0.1) is 12.0 Å². The van der Waals surface area contributed by atoms with Crippen molar-refractivity contribution in [2.75, 3.05) is 0 Å². The number of rotatable bonds is 4. The minimum atomic E-state index is -0.125. The molecule has 1 heterocycles. The van der Waals surface area contributed by atoms with Gasteiger partial charge in [0.1, 0.15) is 0 Å². The van der Waals surface area contributed by atoms with Crippen LogP contribution in [0.15, 0.2) is 66.6 Å². The van der Waals surface area contributed by atoms with Crippen molar-refractivity contribution in [1.82, 2.24) is 4.98 Å². The van der Waals surface area contributed by atoms with E-state index in [0.29, 0.717) is 5.92 Å². The van der Waals surface area contributed by atoms with Gasteiger partial charge in [0.2, 0.25) is 0 Å². The van der Waals surface area contributed by atoms with Gasteiger partial charge in [0, 0.05) is 32.4 Å². The van der Waals surface area contributed by atoms with Gasteiger partial charge in [-0.1, -0.05) is 50.5 Å². The van der Waals surface area contributed by atoms with Crippen LogP contribution in [0.25, 0.3) is 22.0 Å². The molecule has 1 N–H and O–H groups in total. The van der Waals surface area contributed by atoms with E-state index in [-0.39, 0.29) is 31.6 Å². The van der Waals surface area contributed by atoms with Crippen molar-refractivity contribution in [3.8, 4) is 11.3 Å². The van der Waals surface area contributed by atoms with Gasteiger partial charge in [-0.25, -0.2) is 0 Å². The summed E-state index contributed by atoms with van der Waals surface area (Å²) in [6.45, 7) is 7.32. The van der Waals surface area contributed by atoms with E-state index in [1.165, 1.54) is 36.3 Å². The molecule has 0 atom stereocenters. The van der Waals surface area contributed by atoms with E-state index >= 15 is 0 Å². The zero-order valence-electron chi connectivity index (χ0n) is 16.7. The maximum absolute atomic E-state index is 10.0. The fourth-order valence-corrected chi connectivity index (χ4v) is 2.83. The Morgan fingerprint density at radius 2 is 1.86 bits per heavy atom. The summed E-state index contributed by atoms with van der Waals surface area (Å²) in [5.41, 5.74) is 3.41. The van der Waals surface area contributed by atoms with Gasteiger partial charge in [0.25, 0.3) is 0 Å². The molecule has 3 aromatic rings. The van der Waals surface area contributed by atoms with Crippen LogP contribution in [0.4, 0.5) is 0 Å². The number of fused-ring (bicyclic) bond motifs is 1. The summed E-state index contributed by atoms with van der Waals surface area (Å²) in [6.07, 6.45) is 4.13. The molecule has 2 aromatic carbocycles. The summed E-state index contributed by atoms with van der Waals surface area (Å²) in [4.78, 5) is 14.6. The number of hydrogen-bond donors (Lipinski definition) is 1. The number of hydrogen-bond acceptors (Lipinski definition) is 3. The Hall–Kier alpha value is -2.29. The second kappa shape index (κ2) is 11.5. The van der Waals surface area contributed by atoms with E-state index in [4.69, 9.17) is 5.11 Å². The van der Waals surface area contributed by atoms with Gasteiger partial charge in [0.15, 0.2) is 5.78 Å². The van der Waals surface area contributed by atoms with Gasteiger partial charge in [0.05, 0.1) is 5.76 Å². The Balaban J connectivity index is 0.000000425. The molecule has 0 spiro atoms. The number of nitrogens with zero attached hydrogens (tertiary/aromatic N) is 1. The molecule has 0 amide bonds. The molecule has 0 saturated heterocycles. The van der Waals surface area contributed by atoms with Crippen LogP contribution in [0.3, 0.4) is 0 Å². The van der Waals surface area contributed by atoms with Gasteiger partial charge in [-0.2, -0.15) is 0 Å². The van der Waals surface area contributed by atoms with Gasteiger partial charge in [-0.05, 0) is 36.4 Å². The second-order valence-corrected chi connectivity index (χ2v) is 6.99. The summed E-state index contributed by atoms with van der Waals surface area (Å²) in [5, 5.41) is 10.8. The van der Waals surface area contributed by atoms with Crippen molar-refractivity contribution < 1.29 is 30.0 Å². The molecule has 0 fully saturated rings. The number of ketones is 1. The van der Waals surface area contributed by atoms with Crippen molar-refractivity contribution in [3.63, 3.8) is 0 Å². The maximum atomic E-state index is 10.0. The van der Waals surface area contributed by atoms with E-state index in [0.717, 1.165) is 17.7 Å². The number of aliphatic hydroxyl groups excluding tert-OH is 1. The second-order valence-electron chi connectivity index (χ2n) is 6.99. The monoisotopic (exact) mass is 553 g/mol. The van der Waals surface area contributed by atoms with Crippen molar-refractivity contribution in [1.29, 1.82) is 0 Å². The Kier molecular flexibility index (Phi) is 9.78. The first-order chi connectivity index (χ1) is 12.9. The summed E-state index contributed by atoms with van der Waals surface area (Å²) in [7, 11) is 0. The average Bonchev–Trinajstić information content (AvgIpc) is 2.61. The maximum Gasteiger partial charge on any atom is 0.155 e. The normalized spacial score (nSPS) is 10.8. The number of carbonyl (C=O) groups excluding carboxylic acids is 1. The van der Waals surface area contributed by atoms with Crippen LogP contribution < -0.4 is 0 Å². The Morgan fingerprint density at radius 3 is 2.39 bits per heavy atom. The SMILES string of the molecule is CC(=O)/C=C(/C)O.CC(C)Cc1c[c-]c(-c2nccc3ccccc23)cc1.[Ir]. The molecule has 0 saturated carbocycles. The molecule has 3 nitrogen and oxygen atoms in total. The van der Waals surface area contributed by atoms with Crippen molar-refractivity contribution in [3.05, 3.63) is 78.2 Å². The molecular formula is C24H26IrNO2-. The van der Waals surface area contributed by atoms with E-state index < -0.39 is 0 Å². The van der Waals surface area contributed by atoms with Crippen LogP contribution in [-0.2, 0) is 31.3 Å². The molecule has 3 rings (SSSR count). The molecule has 0 aliphatic carbocycles. The molecule has 0 bridgehead atoms. The van der Waals surface area contributed by atoms with Crippen LogP contribution in [0.1, 0.15) is 33.3 Å². The van der Waals surface area contributed by atoms with E-state index in [9.17, 15) is 4.79 Å². The van der Waals surface area contributed by atoms with Crippen molar-refractivity contribution >= 4 is 16.6 Å². The van der Waals surface area contributed by atoms with Gasteiger partial charge in [-0.3, -0.25) is 4.79 Å². The first-order valence-corrected chi connectivity index (χ1v) is 9.09. The summed E-state index contributed by atoms with van der Waals surface area (Å²) in [5.74, 6) is 0.609. The number of pyridine rings is 1. The van der Waals surface area contributed by atoms with Crippen LogP contribution in [0.2, 0.25) is 0 Å². The van der Waals surface area contributed by atoms with Crippen molar-refractivity contribution in [2.24, 2.45) is 5.92 Å². The molecule has 1 radical (unpaired) electrons. The van der Waals surface area contributed by atoms with Crippen molar-refractivity contribution in [2.45, 2.75) is 34.1 Å². The largest absolute Gasteiger partial charge is 0.512 e. The third kappa shape index (κ3) is 7.38. The zero-order chi connectivity index (χ0) is 19.8. The van der Waals surface area contributed by atoms with Crippen LogP contribution in [-0.4, -0.2) is 15.9 Å². The third-order valence-corrected chi connectivity index (χ3v) is 3.86. The molecular weight excluding hydrogens is 526 g/mol. The fourth-order valence-electron chi connectivity index (χ4n) is 2.83. The zero-order valence-corrected chi connectivity index (χ0v) is 19.1. The van der Waals surface area contributed by atoms with Gasteiger partial charge < -0.3 is 10.1 Å². The number of benzene rings is 2. The average molecular weight is 553 g/mol. The number of carbonyl (C=O) groups is 1. The van der Waals surface area contributed by atoms with Gasteiger partial charge >= 0.3 is 0 Å². The number of allylic oxidation sites excluding steroid dienone is 2. The molecule has 4 heteroatoms. The minimum absolute atomic E-state index is 0. The first-order valence-electron chi connectivity index (χ1n) is 9.09. The third-order valence-electron chi connectivity index (χ3n) is 3.86. The first kappa shape index (κ1) is 23.7. The molecule has 28 heavy (non-hydrogen) atoms. The summed E-state index contributed by atoms with van der Waals surface area (Å²) < 4.78 is 0. The molecule has 1 aromatic heterocycles. The molecule has 149 valence electrons. The number of aromatic nitrogens is 1. The van der Waals surface area contributed by atoms with E-state index in [2.05, 4.69) is 67.4 Å². The summed E-state index contributed by atoms with van der Waals surface area (Å²) in [6, 6.07) is 20.2. The predicted octanol–water partition coefficient (Wildman–Crippen LogP) is 5.94. The Morgan fingerprint density at radius 1 is 1.14 bits per heavy atom. The molecule has 0 unspecified atom stereocenters. The Bertz CT molecular complexity index is 921.